The molecule has 0 aromatic carbocycles. The zero-order chi connectivity index (χ0) is 21.5. The van der Waals surface area contributed by atoms with Gasteiger partial charge in [-0.1, -0.05) is 0 Å². The zero-order valence-electron chi connectivity index (χ0n) is 18.1. The average molecular weight is 401 g/mol. The molecule has 28 heavy (non-hydrogen) atoms. The highest BCUT2D eigenvalue weighted by atomic mass is 16.6. The predicted molar refractivity (Wildman–Crippen MR) is 105 cm³/mol. The van der Waals surface area contributed by atoms with Gasteiger partial charge >= 0.3 is 12.2 Å². The van der Waals surface area contributed by atoms with Gasteiger partial charge in [-0.3, -0.25) is 0 Å². The van der Waals surface area contributed by atoms with Crippen LogP contribution in [0.4, 0.5) is 9.59 Å². The summed E-state index contributed by atoms with van der Waals surface area (Å²) in [6.45, 7) is 13.6. The van der Waals surface area contributed by atoms with Crippen LogP contribution in [0.25, 0.3) is 0 Å². The van der Waals surface area contributed by atoms with Gasteiger partial charge in [-0.05, 0) is 54.4 Å². The molecule has 2 aliphatic heterocycles. The van der Waals surface area contributed by atoms with Crippen molar-refractivity contribution in [1.82, 2.24) is 9.80 Å². The summed E-state index contributed by atoms with van der Waals surface area (Å²) in [5.41, 5.74) is -0.898. The molecule has 0 spiro atoms. The third-order valence-corrected chi connectivity index (χ3v) is 4.26. The summed E-state index contributed by atoms with van der Waals surface area (Å²) in [6, 6.07) is 0. The third-order valence-electron chi connectivity index (χ3n) is 4.26. The second kappa shape index (κ2) is 10.1. The molecule has 0 radical (unpaired) electrons. The molecule has 2 atom stereocenters. The van der Waals surface area contributed by atoms with E-state index in [1.165, 1.54) is 0 Å². The predicted octanol–water partition coefficient (Wildman–Crippen LogP) is 2.68. The Hall–Kier alpha value is -1.83. The lowest BCUT2D eigenvalue weighted by atomic mass is 10.1. The second-order valence-corrected chi connectivity index (χ2v) is 9.37. The summed E-state index contributed by atoms with van der Waals surface area (Å²) in [5, 5.41) is 8.92. The van der Waals surface area contributed by atoms with Gasteiger partial charge in [0.15, 0.2) is 0 Å². The van der Waals surface area contributed by atoms with Gasteiger partial charge in [-0.25, -0.2) is 9.59 Å². The van der Waals surface area contributed by atoms with Crippen LogP contribution >= 0.6 is 0 Å². The number of carbonyl (C=O) groups is 3. The van der Waals surface area contributed by atoms with Gasteiger partial charge in [-0.15, -0.1) is 0 Å². The van der Waals surface area contributed by atoms with E-state index in [0.29, 0.717) is 26.2 Å². The lowest BCUT2D eigenvalue weighted by Crippen LogP contribution is -2.35. The van der Waals surface area contributed by atoms with E-state index in [2.05, 4.69) is 0 Å². The summed E-state index contributed by atoms with van der Waals surface area (Å²) in [4.78, 5) is 36.8. The molecule has 2 fully saturated rings. The fourth-order valence-corrected chi connectivity index (χ4v) is 2.86. The number of likely N-dealkylation sites (tertiary alicyclic amines) is 2. The molecule has 2 heterocycles. The number of nitrogens with zero attached hydrogens (tertiary/aromatic N) is 2. The largest absolute Gasteiger partial charge is 0.444 e. The minimum absolute atomic E-state index is 0.0116. The van der Waals surface area contributed by atoms with E-state index in [1.54, 1.807) is 9.80 Å². The maximum absolute atomic E-state index is 11.5. The van der Waals surface area contributed by atoms with E-state index in [1.807, 2.05) is 41.5 Å². The lowest BCUT2D eigenvalue weighted by molar-refractivity contribution is -0.110. The van der Waals surface area contributed by atoms with Gasteiger partial charge in [0.05, 0.1) is 0 Å². The lowest BCUT2D eigenvalue weighted by Gasteiger charge is -2.24. The SMILES string of the molecule is CC(C)(C)OC(=O)N1CC[C@@H](C=O)C1.CC(C)(C)OC(=O)N1CC[C@@H](CO)C1. The first kappa shape index (κ1) is 24.2. The Kier molecular flexibility index (Phi) is 8.73. The summed E-state index contributed by atoms with van der Waals surface area (Å²) >= 11 is 0. The van der Waals surface area contributed by atoms with Gasteiger partial charge in [0.1, 0.15) is 17.5 Å². The summed E-state index contributed by atoms with van der Waals surface area (Å²) < 4.78 is 10.4. The molecular weight excluding hydrogens is 364 g/mol. The number of aliphatic hydroxyl groups excluding tert-OH is 1. The monoisotopic (exact) mass is 400 g/mol. The first-order chi connectivity index (χ1) is 12.8. The molecule has 0 aromatic rings. The molecule has 0 bridgehead atoms. The van der Waals surface area contributed by atoms with Gasteiger partial charge in [0.2, 0.25) is 0 Å². The van der Waals surface area contributed by atoms with E-state index in [-0.39, 0.29) is 30.6 Å². The van der Waals surface area contributed by atoms with Gasteiger partial charge in [-0.2, -0.15) is 0 Å². The number of amides is 2. The number of aldehydes is 1. The van der Waals surface area contributed by atoms with Crippen LogP contribution in [0, 0.1) is 11.8 Å². The molecule has 2 aliphatic rings. The molecule has 0 unspecified atom stereocenters. The highest BCUT2D eigenvalue weighted by Gasteiger charge is 2.30. The van der Waals surface area contributed by atoms with Crippen molar-refractivity contribution in [2.45, 2.75) is 65.6 Å². The van der Waals surface area contributed by atoms with Crippen LogP contribution in [0.15, 0.2) is 0 Å². The van der Waals surface area contributed by atoms with Crippen LogP contribution in [0.5, 0.6) is 0 Å². The van der Waals surface area contributed by atoms with E-state index in [0.717, 1.165) is 19.1 Å². The maximum Gasteiger partial charge on any atom is 0.410 e. The van der Waals surface area contributed by atoms with Gasteiger partial charge in [0.25, 0.3) is 0 Å². The van der Waals surface area contributed by atoms with Crippen LogP contribution in [0.1, 0.15) is 54.4 Å². The second-order valence-electron chi connectivity index (χ2n) is 9.37. The van der Waals surface area contributed by atoms with Crippen molar-refractivity contribution in [3.8, 4) is 0 Å². The molecule has 2 amide bonds. The highest BCUT2D eigenvalue weighted by molar-refractivity contribution is 5.70. The summed E-state index contributed by atoms with van der Waals surface area (Å²) in [5.74, 6) is 0.213. The first-order valence-corrected chi connectivity index (χ1v) is 9.86. The molecular formula is C20H36N2O6. The van der Waals surface area contributed by atoms with E-state index in [4.69, 9.17) is 14.6 Å². The van der Waals surface area contributed by atoms with Crippen molar-refractivity contribution < 1.29 is 29.0 Å². The molecule has 8 heteroatoms. The smallest absolute Gasteiger partial charge is 0.410 e. The van der Waals surface area contributed by atoms with E-state index < -0.39 is 11.2 Å². The van der Waals surface area contributed by atoms with E-state index >= 15 is 0 Å². The van der Waals surface area contributed by atoms with Crippen molar-refractivity contribution >= 4 is 18.5 Å². The fourth-order valence-electron chi connectivity index (χ4n) is 2.86. The number of ether oxygens (including phenoxy) is 2. The Balaban J connectivity index is 0.000000280. The van der Waals surface area contributed by atoms with Gasteiger partial charge in [0, 0.05) is 44.6 Å². The molecule has 0 aromatic heterocycles. The van der Waals surface area contributed by atoms with Crippen molar-refractivity contribution in [3.05, 3.63) is 0 Å². The minimum atomic E-state index is -0.462. The number of hydrogen-bond acceptors (Lipinski definition) is 6. The number of carbonyl (C=O) groups excluding carboxylic acids is 3. The Labute approximate surface area is 168 Å². The van der Waals surface area contributed by atoms with Crippen molar-refractivity contribution in [2.24, 2.45) is 11.8 Å². The molecule has 162 valence electrons. The van der Waals surface area contributed by atoms with Crippen molar-refractivity contribution in [2.75, 3.05) is 32.8 Å². The molecule has 1 N–H and O–H groups in total. The average Bonchev–Trinajstić information content (AvgIpc) is 3.21. The zero-order valence-corrected chi connectivity index (χ0v) is 18.1. The molecule has 0 saturated carbocycles. The fraction of sp³-hybridized carbons (Fsp3) is 0.850. The summed E-state index contributed by atoms with van der Waals surface area (Å²) in [6.07, 6.45) is 1.94. The van der Waals surface area contributed by atoms with E-state index in [9.17, 15) is 14.4 Å². The Morgan fingerprint density at radius 1 is 0.929 bits per heavy atom. The van der Waals surface area contributed by atoms with Crippen LogP contribution in [-0.2, 0) is 14.3 Å². The Morgan fingerprint density at radius 2 is 1.39 bits per heavy atom. The normalized spacial score (nSPS) is 22.4. The van der Waals surface area contributed by atoms with Crippen LogP contribution in [0.3, 0.4) is 0 Å². The minimum Gasteiger partial charge on any atom is -0.444 e. The van der Waals surface area contributed by atoms with Crippen LogP contribution in [-0.4, -0.2) is 77.4 Å². The molecule has 0 aliphatic carbocycles. The Bertz CT molecular complexity index is 538. The molecule has 8 nitrogen and oxygen atoms in total. The molecule has 2 rings (SSSR count). The van der Waals surface area contributed by atoms with Crippen LogP contribution in [0.2, 0.25) is 0 Å². The highest BCUT2D eigenvalue weighted by Crippen LogP contribution is 2.19. The van der Waals surface area contributed by atoms with Gasteiger partial charge < -0.3 is 29.2 Å². The van der Waals surface area contributed by atoms with Crippen molar-refractivity contribution in [3.63, 3.8) is 0 Å². The number of hydrogen-bond donors (Lipinski definition) is 1. The Morgan fingerprint density at radius 3 is 1.75 bits per heavy atom. The maximum atomic E-state index is 11.5. The third kappa shape index (κ3) is 8.91. The number of aliphatic hydroxyl groups is 1. The number of rotatable bonds is 2. The molecule has 2 saturated heterocycles. The van der Waals surface area contributed by atoms with Crippen molar-refractivity contribution in [1.29, 1.82) is 0 Å². The first-order valence-electron chi connectivity index (χ1n) is 9.86. The topological polar surface area (TPSA) is 96.4 Å². The standard InChI is InChI=1S/C10H19NO3.C10H17NO3/c2*1-10(2,3)14-9(13)11-5-4-8(6-11)7-12/h8,12H,4-7H2,1-3H3;7-8H,4-6H2,1-3H3/t2*8-/m11/s1. The van der Waals surface area contributed by atoms with Crippen LogP contribution < -0.4 is 0 Å². The quantitative estimate of drug-likeness (QED) is 0.716. The summed E-state index contributed by atoms with van der Waals surface area (Å²) in [7, 11) is 0.